The average molecular weight is 325 g/mol. The third-order valence-electron chi connectivity index (χ3n) is 3.44. The first kappa shape index (κ1) is 14.7. The predicted octanol–water partition coefficient (Wildman–Crippen LogP) is 2.97. The summed E-state index contributed by atoms with van der Waals surface area (Å²) in [6.07, 6.45) is 3.79. The van der Waals surface area contributed by atoms with Crippen LogP contribution in [0.15, 0.2) is 29.4 Å². The monoisotopic (exact) mass is 324 g/mol. The molecule has 0 aliphatic carbocycles. The van der Waals surface area contributed by atoms with Crippen LogP contribution < -0.4 is 5.84 Å². The van der Waals surface area contributed by atoms with Crippen molar-refractivity contribution in [2.45, 2.75) is 30.5 Å². The highest BCUT2D eigenvalue weighted by atomic mass is 35.5. The molecule has 1 aliphatic heterocycles. The first-order valence-electron chi connectivity index (χ1n) is 6.95. The molecular weight excluding hydrogens is 308 g/mol. The fourth-order valence-corrected chi connectivity index (χ4v) is 3.33. The first-order chi connectivity index (χ1) is 10.2. The molecule has 0 bridgehead atoms. The highest BCUT2D eigenvalue weighted by Crippen LogP contribution is 2.25. The smallest absolute Gasteiger partial charge is 0.210 e. The lowest BCUT2D eigenvalue weighted by atomic mass is 10.1. The van der Waals surface area contributed by atoms with Gasteiger partial charge in [-0.3, -0.25) is 0 Å². The summed E-state index contributed by atoms with van der Waals surface area (Å²) in [7, 11) is 0. The van der Waals surface area contributed by atoms with Gasteiger partial charge in [-0.15, -0.1) is 10.2 Å². The molecule has 0 spiro atoms. The van der Waals surface area contributed by atoms with E-state index in [9.17, 15) is 0 Å². The average Bonchev–Trinajstić information content (AvgIpc) is 2.88. The molecule has 2 heterocycles. The molecule has 0 amide bonds. The van der Waals surface area contributed by atoms with E-state index in [1.165, 1.54) is 11.1 Å². The van der Waals surface area contributed by atoms with E-state index in [4.69, 9.17) is 22.2 Å². The van der Waals surface area contributed by atoms with Crippen LogP contribution >= 0.6 is 23.4 Å². The van der Waals surface area contributed by atoms with Gasteiger partial charge in [-0.2, -0.15) is 0 Å². The SMILES string of the molecule is Nn1c(SCC2CCCCO2)nnc1-c1ccc(Cl)cc1. The van der Waals surface area contributed by atoms with E-state index in [1.54, 1.807) is 11.8 Å². The fourth-order valence-electron chi connectivity index (χ4n) is 2.28. The minimum absolute atomic E-state index is 0.291. The Hall–Kier alpha value is -1.24. The molecular formula is C14H17ClN4OS. The topological polar surface area (TPSA) is 66.0 Å². The molecule has 0 saturated carbocycles. The van der Waals surface area contributed by atoms with E-state index in [0.29, 0.717) is 22.1 Å². The number of ether oxygens (including phenoxy) is 1. The molecule has 7 heteroatoms. The van der Waals surface area contributed by atoms with Gasteiger partial charge in [-0.05, 0) is 43.5 Å². The Balaban J connectivity index is 1.68. The highest BCUT2D eigenvalue weighted by molar-refractivity contribution is 7.99. The second-order valence-corrected chi connectivity index (χ2v) is 6.41. The van der Waals surface area contributed by atoms with Crippen LogP contribution in [0.25, 0.3) is 11.4 Å². The Morgan fingerprint density at radius 1 is 1.29 bits per heavy atom. The third-order valence-corrected chi connectivity index (χ3v) is 4.77. The Kier molecular flexibility index (Phi) is 4.67. The lowest BCUT2D eigenvalue weighted by molar-refractivity contribution is 0.0315. The zero-order valence-corrected chi connectivity index (χ0v) is 13.1. The number of nitrogens with two attached hydrogens (primary N) is 1. The Morgan fingerprint density at radius 2 is 2.10 bits per heavy atom. The molecule has 1 atom stereocenters. The van der Waals surface area contributed by atoms with Crippen LogP contribution in [0.1, 0.15) is 19.3 Å². The largest absolute Gasteiger partial charge is 0.377 e. The number of hydrogen-bond acceptors (Lipinski definition) is 5. The summed E-state index contributed by atoms with van der Waals surface area (Å²) in [6.45, 7) is 0.858. The summed E-state index contributed by atoms with van der Waals surface area (Å²) in [5.74, 6) is 7.58. The van der Waals surface area contributed by atoms with Gasteiger partial charge in [0.05, 0.1) is 6.10 Å². The Bertz CT molecular complexity index is 596. The van der Waals surface area contributed by atoms with Gasteiger partial charge < -0.3 is 10.6 Å². The Morgan fingerprint density at radius 3 is 2.81 bits per heavy atom. The normalized spacial score (nSPS) is 18.8. The van der Waals surface area contributed by atoms with E-state index in [0.717, 1.165) is 30.8 Å². The van der Waals surface area contributed by atoms with Crippen molar-refractivity contribution < 1.29 is 4.74 Å². The number of nitrogens with zero attached hydrogens (tertiary/aromatic N) is 3. The fraction of sp³-hybridized carbons (Fsp3) is 0.429. The first-order valence-corrected chi connectivity index (χ1v) is 8.31. The zero-order valence-electron chi connectivity index (χ0n) is 11.5. The lowest BCUT2D eigenvalue weighted by Gasteiger charge is -2.21. The van der Waals surface area contributed by atoms with Crippen molar-refractivity contribution in [1.29, 1.82) is 0 Å². The maximum absolute atomic E-state index is 6.09. The summed E-state index contributed by atoms with van der Waals surface area (Å²) in [5.41, 5.74) is 0.898. The molecule has 5 nitrogen and oxygen atoms in total. The van der Waals surface area contributed by atoms with Gasteiger partial charge in [-0.25, -0.2) is 4.68 Å². The van der Waals surface area contributed by atoms with Crippen molar-refractivity contribution >= 4 is 23.4 Å². The molecule has 2 aromatic rings. The van der Waals surface area contributed by atoms with Crippen LogP contribution in [0.2, 0.25) is 5.02 Å². The van der Waals surface area contributed by atoms with E-state index in [1.807, 2.05) is 24.3 Å². The summed E-state index contributed by atoms with van der Waals surface area (Å²) in [6, 6.07) is 7.39. The van der Waals surface area contributed by atoms with Crippen LogP contribution in [-0.4, -0.2) is 33.3 Å². The van der Waals surface area contributed by atoms with Gasteiger partial charge in [0.15, 0.2) is 5.82 Å². The molecule has 3 rings (SSSR count). The van der Waals surface area contributed by atoms with Crippen molar-refractivity contribution in [3.8, 4) is 11.4 Å². The molecule has 1 unspecified atom stereocenters. The van der Waals surface area contributed by atoms with Gasteiger partial charge in [-0.1, -0.05) is 23.4 Å². The minimum atomic E-state index is 0.291. The maximum Gasteiger partial charge on any atom is 0.210 e. The minimum Gasteiger partial charge on any atom is -0.377 e. The molecule has 0 radical (unpaired) electrons. The summed E-state index contributed by atoms with van der Waals surface area (Å²) in [4.78, 5) is 0. The van der Waals surface area contributed by atoms with Crippen LogP contribution in [0, 0.1) is 0 Å². The number of thioether (sulfide) groups is 1. The van der Waals surface area contributed by atoms with Gasteiger partial charge in [0.1, 0.15) is 0 Å². The third kappa shape index (κ3) is 3.51. The zero-order chi connectivity index (χ0) is 14.7. The van der Waals surface area contributed by atoms with Crippen LogP contribution in [0.3, 0.4) is 0 Å². The van der Waals surface area contributed by atoms with E-state index >= 15 is 0 Å². The van der Waals surface area contributed by atoms with Crippen LogP contribution in [-0.2, 0) is 4.74 Å². The van der Waals surface area contributed by atoms with Gasteiger partial charge in [0.2, 0.25) is 5.16 Å². The van der Waals surface area contributed by atoms with E-state index in [2.05, 4.69) is 10.2 Å². The summed E-state index contributed by atoms with van der Waals surface area (Å²) >= 11 is 7.47. The Labute approximate surface area is 132 Å². The van der Waals surface area contributed by atoms with Crippen molar-refractivity contribution in [2.75, 3.05) is 18.2 Å². The van der Waals surface area contributed by atoms with Crippen molar-refractivity contribution in [2.24, 2.45) is 0 Å². The molecule has 1 aromatic carbocycles. The molecule has 21 heavy (non-hydrogen) atoms. The van der Waals surface area contributed by atoms with E-state index in [-0.39, 0.29) is 0 Å². The number of rotatable bonds is 4. The number of halogens is 1. The van der Waals surface area contributed by atoms with Gasteiger partial charge in [0, 0.05) is 22.9 Å². The molecule has 1 aromatic heterocycles. The van der Waals surface area contributed by atoms with E-state index < -0.39 is 0 Å². The van der Waals surface area contributed by atoms with Crippen molar-refractivity contribution in [3.05, 3.63) is 29.3 Å². The summed E-state index contributed by atoms with van der Waals surface area (Å²) < 4.78 is 7.23. The second kappa shape index (κ2) is 6.68. The van der Waals surface area contributed by atoms with Gasteiger partial charge in [0.25, 0.3) is 0 Å². The van der Waals surface area contributed by atoms with Crippen LogP contribution in [0.4, 0.5) is 0 Å². The molecule has 1 saturated heterocycles. The standard InChI is InChI=1S/C14H17ClN4OS/c15-11-6-4-10(5-7-11)13-17-18-14(19(13)16)21-9-12-3-1-2-8-20-12/h4-7,12H,1-3,8-9,16H2. The van der Waals surface area contributed by atoms with Crippen LogP contribution in [0.5, 0.6) is 0 Å². The summed E-state index contributed by atoms with van der Waals surface area (Å²) in [5, 5.41) is 9.71. The molecule has 112 valence electrons. The van der Waals surface area contributed by atoms with Crippen molar-refractivity contribution in [1.82, 2.24) is 14.9 Å². The molecule has 1 fully saturated rings. The number of aromatic nitrogens is 3. The highest BCUT2D eigenvalue weighted by Gasteiger charge is 2.17. The van der Waals surface area contributed by atoms with Gasteiger partial charge >= 0.3 is 0 Å². The van der Waals surface area contributed by atoms with Crippen molar-refractivity contribution in [3.63, 3.8) is 0 Å². The number of nitrogen functional groups attached to an aromatic ring is 1. The second-order valence-electron chi connectivity index (χ2n) is 4.98. The molecule has 2 N–H and O–H groups in total. The quantitative estimate of drug-likeness (QED) is 0.692. The predicted molar refractivity (Wildman–Crippen MR) is 84.9 cm³/mol. The molecule has 1 aliphatic rings. The maximum atomic E-state index is 6.09. The number of hydrogen-bond donors (Lipinski definition) is 1. The lowest BCUT2D eigenvalue weighted by Crippen LogP contribution is -2.22. The number of benzene rings is 1.